The first-order valence-corrected chi connectivity index (χ1v) is 8.71. The van der Waals surface area contributed by atoms with Gasteiger partial charge in [0.1, 0.15) is 17.4 Å². The minimum absolute atomic E-state index is 0.0557. The minimum atomic E-state index is -1.35. The smallest absolute Gasteiger partial charge is 0.255 e. The molecule has 0 aromatic heterocycles. The van der Waals surface area contributed by atoms with E-state index in [1.165, 1.54) is 6.07 Å². The maximum atomic E-state index is 13.7. The van der Waals surface area contributed by atoms with Crippen molar-refractivity contribution >= 4 is 5.91 Å². The number of carbonyl (C=O) groups excluding carboxylic acids is 1. The average molecular weight is 383 g/mol. The van der Waals surface area contributed by atoms with Gasteiger partial charge in [0.2, 0.25) is 0 Å². The normalized spacial score (nSPS) is 11.8. The molecule has 0 bridgehead atoms. The summed E-state index contributed by atoms with van der Waals surface area (Å²) in [5.41, 5.74) is 1.82. The van der Waals surface area contributed by atoms with Gasteiger partial charge in [0.25, 0.3) is 5.91 Å². The molecule has 0 aliphatic rings. The van der Waals surface area contributed by atoms with Crippen LogP contribution in [0.3, 0.4) is 0 Å². The van der Waals surface area contributed by atoms with Gasteiger partial charge in [0.05, 0.1) is 11.7 Å². The van der Waals surface area contributed by atoms with Crippen LogP contribution in [0.25, 0.3) is 0 Å². The number of phenols is 1. The lowest BCUT2D eigenvalue weighted by Crippen LogP contribution is -2.29. The topological polar surface area (TPSA) is 69.6 Å². The maximum absolute atomic E-state index is 13.7. The predicted molar refractivity (Wildman–Crippen MR) is 101 cm³/mol. The average Bonchev–Trinajstić information content (AvgIpc) is 2.68. The molecular formula is C22H19F2NO3. The van der Waals surface area contributed by atoms with E-state index in [9.17, 15) is 23.8 Å². The zero-order valence-corrected chi connectivity index (χ0v) is 14.9. The molecule has 0 radical (unpaired) electrons. The summed E-state index contributed by atoms with van der Waals surface area (Å²) >= 11 is 0. The molecule has 0 saturated heterocycles. The Morgan fingerprint density at radius 3 is 2.43 bits per heavy atom. The highest BCUT2D eigenvalue weighted by molar-refractivity contribution is 5.97. The largest absolute Gasteiger partial charge is 0.507 e. The summed E-state index contributed by atoms with van der Waals surface area (Å²) in [5, 5.41) is 22.5. The fraction of sp³-hybridized carbons (Fsp3) is 0.136. The second kappa shape index (κ2) is 8.63. The molecule has 0 spiro atoms. The van der Waals surface area contributed by atoms with Crippen LogP contribution in [0.4, 0.5) is 8.78 Å². The zero-order chi connectivity index (χ0) is 20.1. The van der Waals surface area contributed by atoms with Gasteiger partial charge in [0.15, 0.2) is 0 Å². The van der Waals surface area contributed by atoms with E-state index in [2.05, 4.69) is 5.32 Å². The molecule has 0 aliphatic carbocycles. The number of nitrogens with one attached hydrogen (secondary N) is 1. The van der Waals surface area contributed by atoms with Crippen molar-refractivity contribution in [1.82, 2.24) is 5.32 Å². The Hall–Kier alpha value is -3.25. The van der Waals surface area contributed by atoms with E-state index >= 15 is 0 Å². The van der Waals surface area contributed by atoms with Crippen molar-refractivity contribution in [3.63, 3.8) is 0 Å². The number of benzene rings is 3. The first-order chi connectivity index (χ1) is 13.4. The van der Waals surface area contributed by atoms with Crippen molar-refractivity contribution in [3.8, 4) is 5.75 Å². The number of halogens is 2. The molecular weight excluding hydrogens is 364 g/mol. The standard InChI is InChI=1S/C22H19F2NO3/c23-16-7-8-17(19(24)12-16)21(27)13-25-22(28)18-11-15(6-9-20(18)26)10-14-4-2-1-3-5-14/h1-9,11-12,21,26-27H,10,13H2,(H,25,28). The van der Waals surface area contributed by atoms with Crippen LogP contribution in [0.1, 0.15) is 33.2 Å². The summed E-state index contributed by atoms with van der Waals surface area (Å²) in [7, 11) is 0. The van der Waals surface area contributed by atoms with Crippen LogP contribution in [-0.2, 0) is 6.42 Å². The highest BCUT2D eigenvalue weighted by Gasteiger charge is 2.17. The zero-order valence-electron chi connectivity index (χ0n) is 14.9. The van der Waals surface area contributed by atoms with Crippen molar-refractivity contribution < 1.29 is 23.8 Å². The number of aliphatic hydroxyl groups is 1. The molecule has 4 nitrogen and oxygen atoms in total. The summed E-state index contributed by atoms with van der Waals surface area (Å²) in [4.78, 5) is 12.4. The molecule has 1 atom stereocenters. The molecule has 0 aliphatic heterocycles. The van der Waals surface area contributed by atoms with E-state index in [4.69, 9.17) is 0 Å². The van der Waals surface area contributed by atoms with Crippen LogP contribution in [0.2, 0.25) is 0 Å². The van der Waals surface area contributed by atoms with Crippen LogP contribution < -0.4 is 5.32 Å². The van der Waals surface area contributed by atoms with E-state index in [-0.39, 0.29) is 23.4 Å². The van der Waals surface area contributed by atoms with Gasteiger partial charge in [-0.05, 0) is 35.7 Å². The number of hydrogen-bond acceptors (Lipinski definition) is 3. The predicted octanol–water partition coefficient (Wildman–Crippen LogP) is 3.72. The van der Waals surface area contributed by atoms with Crippen molar-refractivity contribution in [2.45, 2.75) is 12.5 Å². The molecule has 1 amide bonds. The third kappa shape index (κ3) is 4.72. The number of hydrogen-bond donors (Lipinski definition) is 3. The number of amides is 1. The van der Waals surface area contributed by atoms with Crippen molar-refractivity contribution in [2.24, 2.45) is 0 Å². The van der Waals surface area contributed by atoms with E-state index in [0.29, 0.717) is 12.5 Å². The Morgan fingerprint density at radius 2 is 1.71 bits per heavy atom. The summed E-state index contributed by atoms with van der Waals surface area (Å²) in [6.45, 7) is -0.288. The molecule has 28 heavy (non-hydrogen) atoms. The highest BCUT2D eigenvalue weighted by atomic mass is 19.1. The van der Waals surface area contributed by atoms with Crippen molar-refractivity contribution in [2.75, 3.05) is 6.54 Å². The van der Waals surface area contributed by atoms with Gasteiger partial charge in [-0.2, -0.15) is 0 Å². The minimum Gasteiger partial charge on any atom is -0.507 e. The summed E-state index contributed by atoms with van der Waals surface area (Å²) in [6, 6.07) is 17.2. The number of carbonyl (C=O) groups is 1. The van der Waals surface area contributed by atoms with Gasteiger partial charge in [-0.25, -0.2) is 8.78 Å². The van der Waals surface area contributed by atoms with Crippen LogP contribution in [0.5, 0.6) is 5.75 Å². The number of aromatic hydroxyl groups is 1. The van der Waals surface area contributed by atoms with Crippen LogP contribution in [0.15, 0.2) is 66.7 Å². The third-order valence-electron chi connectivity index (χ3n) is 4.33. The SMILES string of the molecule is O=C(NCC(O)c1ccc(F)cc1F)c1cc(Cc2ccccc2)ccc1O. The molecule has 144 valence electrons. The fourth-order valence-electron chi connectivity index (χ4n) is 2.87. The molecule has 3 rings (SSSR count). The summed E-state index contributed by atoms with van der Waals surface area (Å²) in [5.74, 6) is -2.45. The summed E-state index contributed by atoms with van der Waals surface area (Å²) < 4.78 is 26.7. The molecule has 0 saturated carbocycles. The molecule has 0 fully saturated rings. The van der Waals surface area contributed by atoms with E-state index in [1.54, 1.807) is 12.1 Å². The molecule has 0 heterocycles. The first kappa shape index (κ1) is 19.5. The molecule has 3 aromatic rings. The van der Waals surface area contributed by atoms with E-state index in [0.717, 1.165) is 23.3 Å². The van der Waals surface area contributed by atoms with Gasteiger partial charge >= 0.3 is 0 Å². The van der Waals surface area contributed by atoms with Gasteiger partial charge in [-0.1, -0.05) is 42.5 Å². The maximum Gasteiger partial charge on any atom is 0.255 e. The number of phenolic OH excluding ortho intramolecular Hbond substituents is 1. The third-order valence-corrected chi connectivity index (χ3v) is 4.33. The van der Waals surface area contributed by atoms with E-state index < -0.39 is 23.6 Å². The second-order valence-corrected chi connectivity index (χ2v) is 6.41. The van der Waals surface area contributed by atoms with Gasteiger partial charge < -0.3 is 15.5 Å². The molecule has 3 N–H and O–H groups in total. The van der Waals surface area contributed by atoms with E-state index in [1.807, 2.05) is 30.3 Å². The monoisotopic (exact) mass is 383 g/mol. The lowest BCUT2D eigenvalue weighted by molar-refractivity contribution is 0.0911. The highest BCUT2D eigenvalue weighted by Crippen LogP contribution is 2.21. The van der Waals surface area contributed by atoms with Gasteiger partial charge in [-0.3, -0.25) is 4.79 Å². The number of aliphatic hydroxyl groups excluding tert-OH is 1. The molecule has 6 heteroatoms. The fourth-order valence-corrected chi connectivity index (χ4v) is 2.87. The summed E-state index contributed by atoms with van der Waals surface area (Å²) in [6.07, 6.45) is -0.760. The van der Waals surface area contributed by atoms with Crippen molar-refractivity contribution in [1.29, 1.82) is 0 Å². The van der Waals surface area contributed by atoms with Crippen LogP contribution >= 0.6 is 0 Å². The lowest BCUT2D eigenvalue weighted by atomic mass is 10.0. The van der Waals surface area contributed by atoms with Crippen molar-refractivity contribution in [3.05, 3.63) is 101 Å². The Bertz CT molecular complexity index is 977. The Balaban J connectivity index is 1.69. The number of rotatable bonds is 6. The van der Waals surface area contributed by atoms with Gasteiger partial charge in [-0.15, -0.1) is 0 Å². The lowest BCUT2D eigenvalue weighted by Gasteiger charge is -2.14. The second-order valence-electron chi connectivity index (χ2n) is 6.41. The van der Waals surface area contributed by atoms with Crippen LogP contribution in [0, 0.1) is 11.6 Å². The quantitative estimate of drug-likeness (QED) is 0.608. The Morgan fingerprint density at radius 1 is 0.964 bits per heavy atom. The van der Waals surface area contributed by atoms with Crippen LogP contribution in [-0.4, -0.2) is 22.7 Å². The Labute approximate surface area is 161 Å². The first-order valence-electron chi connectivity index (χ1n) is 8.71. The van der Waals surface area contributed by atoms with Gasteiger partial charge in [0, 0.05) is 18.2 Å². The Kier molecular flexibility index (Phi) is 6.01. The molecule has 1 unspecified atom stereocenters. The molecule has 3 aromatic carbocycles.